The molecule has 1 aliphatic rings. The van der Waals surface area contributed by atoms with Gasteiger partial charge in [-0.05, 0) is 37.7 Å². The minimum atomic E-state index is -0.161. The minimum Gasteiger partial charge on any atom is -0.352 e. The first-order valence-electron chi connectivity index (χ1n) is 8.72. The van der Waals surface area contributed by atoms with E-state index in [1.807, 2.05) is 12.3 Å². The quantitative estimate of drug-likeness (QED) is 0.722. The summed E-state index contributed by atoms with van der Waals surface area (Å²) in [6.07, 6.45) is 14.1. The van der Waals surface area contributed by atoms with Crippen molar-refractivity contribution in [3.8, 4) is 12.3 Å². The molecule has 0 saturated heterocycles. The molecule has 1 amide bonds. The first-order valence-corrected chi connectivity index (χ1v) is 8.72. The van der Waals surface area contributed by atoms with Crippen molar-refractivity contribution < 1.29 is 4.79 Å². The van der Waals surface area contributed by atoms with Gasteiger partial charge in [0.15, 0.2) is 5.82 Å². The highest BCUT2D eigenvalue weighted by atomic mass is 16.2. The number of nitrogens with one attached hydrogen (secondary N) is 2. The minimum absolute atomic E-state index is 0.161. The maximum Gasteiger partial charge on any atom is 0.287 e. The molecule has 0 spiro atoms. The number of nitrogens with zero attached hydrogens (tertiary/aromatic N) is 3. The van der Waals surface area contributed by atoms with Crippen molar-refractivity contribution in [2.75, 3.05) is 7.05 Å². The first kappa shape index (κ1) is 15.7. The van der Waals surface area contributed by atoms with Gasteiger partial charge in [-0.25, -0.2) is 9.97 Å². The highest BCUT2D eigenvalue weighted by molar-refractivity contribution is 6.04. The van der Waals surface area contributed by atoms with Crippen molar-refractivity contribution in [1.29, 1.82) is 0 Å². The molecule has 1 aliphatic carbocycles. The van der Waals surface area contributed by atoms with Crippen LogP contribution in [0.2, 0.25) is 0 Å². The molecule has 128 valence electrons. The molecule has 0 atom stereocenters. The molecule has 0 unspecified atom stereocenters. The fraction of sp³-hybridized carbons (Fsp3) is 0.421. The lowest BCUT2D eigenvalue weighted by Gasteiger charge is -2.29. The van der Waals surface area contributed by atoms with Crippen LogP contribution in [0.1, 0.15) is 48.8 Å². The standard InChI is InChI=1S/C19H21N5O/c1-3-4-12-5-7-13(8-6-12)24-16-14-9-10-21-17(14)22-11-15(16)23-18(24)19(25)20-2/h1,9-13H,4-8H2,2H3,(H,20,25)(H,21,22). The number of hydrogen-bond donors (Lipinski definition) is 2. The summed E-state index contributed by atoms with van der Waals surface area (Å²) >= 11 is 0. The Labute approximate surface area is 146 Å². The Hall–Kier alpha value is -2.81. The summed E-state index contributed by atoms with van der Waals surface area (Å²) in [6.45, 7) is 0. The zero-order valence-electron chi connectivity index (χ0n) is 14.2. The number of H-pyrrole nitrogens is 1. The second kappa shape index (κ2) is 6.25. The van der Waals surface area contributed by atoms with Gasteiger partial charge in [0.1, 0.15) is 11.2 Å². The number of pyridine rings is 1. The molecule has 0 aliphatic heterocycles. The molecule has 4 rings (SSSR count). The Balaban J connectivity index is 1.84. The van der Waals surface area contributed by atoms with Crippen molar-refractivity contribution >= 4 is 28.0 Å². The molecule has 25 heavy (non-hydrogen) atoms. The van der Waals surface area contributed by atoms with Crippen molar-refractivity contribution in [3.63, 3.8) is 0 Å². The van der Waals surface area contributed by atoms with E-state index in [4.69, 9.17) is 6.42 Å². The van der Waals surface area contributed by atoms with E-state index < -0.39 is 0 Å². The van der Waals surface area contributed by atoms with E-state index in [9.17, 15) is 4.79 Å². The first-order chi connectivity index (χ1) is 12.2. The number of rotatable bonds is 3. The Morgan fingerprint density at radius 1 is 1.44 bits per heavy atom. The number of aromatic nitrogens is 4. The third-order valence-corrected chi connectivity index (χ3v) is 5.25. The second-order valence-corrected chi connectivity index (χ2v) is 6.70. The van der Waals surface area contributed by atoms with E-state index >= 15 is 0 Å². The van der Waals surface area contributed by atoms with E-state index in [-0.39, 0.29) is 11.9 Å². The van der Waals surface area contributed by atoms with Crippen LogP contribution in [-0.4, -0.2) is 32.5 Å². The average molecular weight is 335 g/mol. The van der Waals surface area contributed by atoms with Gasteiger partial charge in [-0.3, -0.25) is 4.79 Å². The fourth-order valence-corrected chi connectivity index (χ4v) is 3.99. The van der Waals surface area contributed by atoms with Crippen molar-refractivity contribution in [3.05, 3.63) is 24.3 Å². The van der Waals surface area contributed by atoms with E-state index in [0.717, 1.165) is 54.2 Å². The Kier molecular flexibility index (Phi) is 3.92. The van der Waals surface area contributed by atoms with Crippen LogP contribution in [0, 0.1) is 18.3 Å². The number of carbonyl (C=O) groups is 1. The highest BCUT2D eigenvalue weighted by Crippen LogP contribution is 2.37. The van der Waals surface area contributed by atoms with Gasteiger partial charge in [-0.2, -0.15) is 0 Å². The Bertz CT molecular complexity index is 969. The predicted octanol–water partition coefficient (Wildman–Crippen LogP) is 3.03. The Morgan fingerprint density at radius 3 is 2.96 bits per heavy atom. The van der Waals surface area contributed by atoms with Crippen molar-refractivity contribution in [1.82, 2.24) is 24.8 Å². The Morgan fingerprint density at radius 2 is 2.24 bits per heavy atom. The zero-order valence-corrected chi connectivity index (χ0v) is 14.2. The predicted molar refractivity (Wildman–Crippen MR) is 97.2 cm³/mol. The maximum atomic E-state index is 12.4. The highest BCUT2D eigenvalue weighted by Gasteiger charge is 2.28. The monoisotopic (exact) mass is 335 g/mol. The summed E-state index contributed by atoms with van der Waals surface area (Å²) in [4.78, 5) is 24.6. The third-order valence-electron chi connectivity index (χ3n) is 5.25. The van der Waals surface area contributed by atoms with Crippen LogP contribution in [0.15, 0.2) is 18.5 Å². The fourth-order valence-electron chi connectivity index (χ4n) is 3.99. The van der Waals surface area contributed by atoms with Gasteiger partial charge in [-0.15, -0.1) is 12.3 Å². The number of fused-ring (bicyclic) bond motifs is 3. The average Bonchev–Trinajstić information content (AvgIpc) is 3.25. The van der Waals surface area contributed by atoms with Crippen LogP contribution in [0.25, 0.3) is 22.1 Å². The lowest BCUT2D eigenvalue weighted by molar-refractivity contribution is 0.0944. The van der Waals surface area contributed by atoms with Crippen molar-refractivity contribution in [2.45, 2.75) is 38.1 Å². The second-order valence-electron chi connectivity index (χ2n) is 6.70. The molecule has 1 fully saturated rings. The molecule has 0 radical (unpaired) electrons. The molecule has 0 bridgehead atoms. The molecule has 6 heteroatoms. The molecular weight excluding hydrogens is 314 g/mol. The number of terminal acetylenes is 1. The molecular formula is C19H21N5O. The van der Waals surface area contributed by atoms with Gasteiger partial charge < -0.3 is 14.9 Å². The van der Waals surface area contributed by atoms with E-state index in [1.165, 1.54) is 0 Å². The number of carbonyl (C=O) groups excluding carboxylic acids is 1. The molecule has 3 aromatic rings. The summed E-state index contributed by atoms with van der Waals surface area (Å²) in [5.41, 5.74) is 2.57. The van der Waals surface area contributed by atoms with Gasteiger partial charge in [-0.1, -0.05) is 0 Å². The summed E-state index contributed by atoms with van der Waals surface area (Å²) in [5.74, 6) is 3.68. The molecule has 3 heterocycles. The van der Waals surface area contributed by atoms with Gasteiger partial charge in [0.05, 0.1) is 11.7 Å². The van der Waals surface area contributed by atoms with Crippen LogP contribution < -0.4 is 5.32 Å². The normalized spacial score (nSPS) is 20.6. The largest absolute Gasteiger partial charge is 0.352 e. The summed E-state index contributed by atoms with van der Waals surface area (Å²) in [5, 5.41) is 3.72. The van der Waals surface area contributed by atoms with Gasteiger partial charge in [0.2, 0.25) is 0 Å². The van der Waals surface area contributed by atoms with Crippen LogP contribution in [0.5, 0.6) is 0 Å². The number of amides is 1. The van der Waals surface area contributed by atoms with E-state index in [0.29, 0.717) is 11.7 Å². The summed E-state index contributed by atoms with van der Waals surface area (Å²) < 4.78 is 2.12. The number of imidazole rings is 1. The number of aromatic amines is 1. The maximum absolute atomic E-state index is 12.4. The molecule has 1 saturated carbocycles. The van der Waals surface area contributed by atoms with Crippen LogP contribution in [0.3, 0.4) is 0 Å². The van der Waals surface area contributed by atoms with Crippen molar-refractivity contribution in [2.24, 2.45) is 5.92 Å². The van der Waals surface area contributed by atoms with Crippen LogP contribution in [-0.2, 0) is 0 Å². The van der Waals surface area contributed by atoms with Gasteiger partial charge in [0.25, 0.3) is 5.91 Å². The molecule has 2 N–H and O–H groups in total. The zero-order chi connectivity index (χ0) is 17.4. The topological polar surface area (TPSA) is 75.6 Å². The molecule has 3 aromatic heterocycles. The molecule has 0 aromatic carbocycles. The van der Waals surface area contributed by atoms with E-state index in [2.05, 4.69) is 30.8 Å². The van der Waals surface area contributed by atoms with Crippen LogP contribution in [0.4, 0.5) is 0 Å². The lowest BCUT2D eigenvalue weighted by Crippen LogP contribution is -2.26. The third kappa shape index (κ3) is 2.56. The summed E-state index contributed by atoms with van der Waals surface area (Å²) in [6, 6.07) is 2.26. The van der Waals surface area contributed by atoms with Gasteiger partial charge in [0, 0.05) is 31.1 Å². The summed E-state index contributed by atoms with van der Waals surface area (Å²) in [7, 11) is 1.64. The van der Waals surface area contributed by atoms with Crippen LogP contribution >= 0.6 is 0 Å². The SMILES string of the molecule is C#CCC1CCC(n2c(C(=O)NC)nc3cnc4[nH]ccc4c32)CC1. The smallest absolute Gasteiger partial charge is 0.287 e. The number of hydrogen-bond acceptors (Lipinski definition) is 3. The molecule has 6 nitrogen and oxygen atoms in total. The lowest BCUT2D eigenvalue weighted by atomic mass is 9.84. The van der Waals surface area contributed by atoms with E-state index in [1.54, 1.807) is 13.2 Å². The van der Waals surface area contributed by atoms with Gasteiger partial charge >= 0.3 is 0 Å².